The third-order valence-electron chi connectivity index (χ3n) is 6.96. The number of rotatable bonds is 14. The van der Waals surface area contributed by atoms with Crippen LogP contribution in [0.1, 0.15) is 76.6 Å². The molecule has 1 aliphatic carbocycles. The number of hydrogen-bond acceptors (Lipinski definition) is 10. The van der Waals surface area contributed by atoms with Gasteiger partial charge in [-0.1, -0.05) is 43.6 Å². The Morgan fingerprint density at radius 1 is 0.796 bits per heavy atom. The first kappa shape index (κ1) is 46.3. The molecule has 0 saturated carbocycles. The predicted molar refractivity (Wildman–Crippen MR) is 188 cm³/mol. The summed E-state index contributed by atoms with van der Waals surface area (Å²) in [6, 6.07) is 3.82. The van der Waals surface area contributed by atoms with Crippen molar-refractivity contribution in [2.45, 2.75) is 80.3 Å². The second-order valence-electron chi connectivity index (χ2n) is 10.2. The Morgan fingerprint density at radius 2 is 1.24 bits per heavy atom. The third kappa shape index (κ3) is 13.3. The van der Waals surface area contributed by atoms with Crippen LogP contribution < -0.4 is 0 Å². The van der Waals surface area contributed by atoms with E-state index in [0.717, 1.165) is 22.3 Å². The molecule has 0 heterocycles. The fraction of sp³-hybridized carbons (Fsp3) is 0.487. The largest absolute Gasteiger partial charge is 0.465 e. The molecule has 0 spiro atoms. The van der Waals surface area contributed by atoms with E-state index in [-0.39, 0.29) is 72.8 Å². The van der Waals surface area contributed by atoms with Gasteiger partial charge in [0.2, 0.25) is 0 Å². The molecule has 0 bridgehead atoms. The summed E-state index contributed by atoms with van der Waals surface area (Å²) in [6.45, 7) is 14.5. The minimum absolute atomic E-state index is 0. The molecular weight excluding hydrogens is 628 g/mol. The Labute approximate surface area is 292 Å². The van der Waals surface area contributed by atoms with Crippen molar-refractivity contribution < 1.29 is 48.3 Å². The lowest BCUT2D eigenvalue weighted by Gasteiger charge is -2.25. The summed E-state index contributed by atoms with van der Waals surface area (Å²) in [7, 11) is 0. The van der Waals surface area contributed by atoms with Crippen LogP contribution in [0.15, 0.2) is 37.4 Å². The summed E-state index contributed by atoms with van der Waals surface area (Å²) in [5.74, 6) is 7.15. The van der Waals surface area contributed by atoms with Gasteiger partial charge in [0.1, 0.15) is 6.61 Å². The van der Waals surface area contributed by atoms with Gasteiger partial charge in [-0.15, -0.1) is 37.8 Å². The standard InChI is InChI=1S/C19H24O5.C13H16O4.C6H8O.CH4/c1-4-7-13-8-14-10-19(17(21)23-5-2,18(22)24-6-3)11-15(14)9-16(13)12-20;1-5-9-13(10-6-2,11(14)16-7-3)12(15)17-8-4;1-2-3-4-5-6-7;/h4,8-9,20H,1,5-7,10-12H2,2-3H3;1-2H,7-10H2,3-4H3;2,7H,1,3,6H2;1H4. The Balaban J connectivity index is 0. The summed E-state index contributed by atoms with van der Waals surface area (Å²) in [4.78, 5) is 48.8. The van der Waals surface area contributed by atoms with Crippen molar-refractivity contribution in [1.82, 2.24) is 0 Å². The molecule has 0 aromatic heterocycles. The first-order valence-corrected chi connectivity index (χ1v) is 15.6. The second kappa shape index (κ2) is 25.2. The first-order valence-electron chi connectivity index (χ1n) is 15.6. The topological polar surface area (TPSA) is 146 Å². The minimum Gasteiger partial charge on any atom is -0.465 e. The van der Waals surface area contributed by atoms with Crippen LogP contribution in [0.4, 0.5) is 0 Å². The highest BCUT2D eigenvalue weighted by atomic mass is 16.6. The first-order chi connectivity index (χ1) is 23.0. The SMILES string of the molecule is C.C#CCC(CC#C)(C(=O)OCC)C(=O)OCC.C=CCC#CCO.C=CCc1cc2c(cc1CO)CC(C(=O)OCC)(C(=O)OCC)C2. The van der Waals surface area contributed by atoms with Crippen molar-refractivity contribution in [2.24, 2.45) is 10.8 Å². The van der Waals surface area contributed by atoms with E-state index < -0.39 is 34.7 Å². The van der Waals surface area contributed by atoms with E-state index >= 15 is 0 Å². The third-order valence-corrected chi connectivity index (χ3v) is 6.96. The average molecular weight is 681 g/mol. The van der Waals surface area contributed by atoms with Crippen molar-refractivity contribution in [3.8, 4) is 36.5 Å². The van der Waals surface area contributed by atoms with Gasteiger partial charge < -0.3 is 29.2 Å². The summed E-state index contributed by atoms with van der Waals surface area (Å²) in [6.07, 6.45) is 15.3. The molecular formula is C39H52O10. The van der Waals surface area contributed by atoms with E-state index in [2.05, 4.69) is 36.8 Å². The quantitative estimate of drug-likeness (QED) is 0.0950. The summed E-state index contributed by atoms with van der Waals surface area (Å²) < 4.78 is 20.0. The monoisotopic (exact) mass is 680 g/mol. The van der Waals surface area contributed by atoms with Crippen molar-refractivity contribution >= 4 is 23.9 Å². The van der Waals surface area contributed by atoms with Gasteiger partial charge in [0.25, 0.3) is 0 Å². The Hall–Kier alpha value is -4.82. The van der Waals surface area contributed by atoms with E-state index in [0.29, 0.717) is 12.8 Å². The highest BCUT2D eigenvalue weighted by Gasteiger charge is 2.53. The second-order valence-corrected chi connectivity index (χ2v) is 10.2. The van der Waals surface area contributed by atoms with E-state index in [1.807, 2.05) is 12.1 Å². The van der Waals surface area contributed by atoms with Crippen LogP contribution in [0.25, 0.3) is 0 Å². The van der Waals surface area contributed by atoms with Crippen LogP contribution in [0.3, 0.4) is 0 Å². The maximum absolute atomic E-state index is 12.5. The highest BCUT2D eigenvalue weighted by molar-refractivity contribution is 6.02. The van der Waals surface area contributed by atoms with Crippen LogP contribution in [0.2, 0.25) is 0 Å². The number of allylic oxidation sites excluding steroid dienone is 2. The predicted octanol–water partition coefficient (Wildman–Crippen LogP) is 4.46. The molecule has 0 radical (unpaired) electrons. The molecule has 2 rings (SSSR count). The normalized spacial score (nSPS) is 11.6. The number of benzene rings is 1. The molecule has 10 nitrogen and oxygen atoms in total. The molecule has 0 aliphatic heterocycles. The molecule has 0 amide bonds. The maximum atomic E-state index is 12.5. The highest BCUT2D eigenvalue weighted by Crippen LogP contribution is 2.41. The van der Waals surface area contributed by atoms with Crippen LogP contribution in [-0.2, 0) is 64.0 Å². The van der Waals surface area contributed by atoms with Gasteiger partial charge >= 0.3 is 23.9 Å². The number of terminal acetylenes is 2. The van der Waals surface area contributed by atoms with Crippen molar-refractivity contribution in [3.63, 3.8) is 0 Å². The lowest BCUT2D eigenvalue weighted by Crippen LogP contribution is -2.43. The van der Waals surface area contributed by atoms with Crippen LogP contribution >= 0.6 is 0 Å². The molecule has 0 fully saturated rings. The number of esters is 4. The molecule has 0 atom stereocenters. The van der Waals surface area contributed by atoms with Gasteiger partial charge in [0.05, 0.1) is 33.0 Å². The zero-order valence-electron chi connectivity index (χ0n) is 28.5. The molecule has 10 heteroatoms. The number of aliphatic hydroxyl groups is 2. The van der Waals surface area contributed by atoms with Crippen molar-refractivity contribution in [1.29, 1.82) is 0 Å². The van der Waals surface area contributed by atoms with Crippen molar-refractivity contribution in [2.75, 3.05) is 33.0 Å². The summed E-state index contributed by atoms with van der Waals surface area (Å²) in [5.41, 5.74) is 0.647. The van der Waals surface area contributed by atoms with Gasteiger partial charge in [-0.25, -0.2) is 0 Å². The zero-order valence-corrected chi connectivity index (χ0v) is 28.5. The fourth-order valence-electron chi connectivity index (χ4n) is 4.76. The molecule has 1 aromatic carbocycles. The lowest BCUT2D eigenvalue weighted by molar-refractivity contribution is -0.173. The average Bonchev–Trinajstić information content (AvgIpc) is 3.45. The molecule has 49 heavy (non-hydrogen) atoms. The molecule has 268 valence electrons. The van der Waals surface area contributed by atoms with Gasteiger partial charge in [-0.3, -0.25) is 19.2 Å². The van der Waals surface area contributed by atoms with Crippen LogP contribution in [0.5, 0.6) is 0 Å². The number of fused-ring (bicyclic) bond motifs is 1. The van der Waals surface area contributed by atoms with Crippen molar-refractivity contribution in [3.05, 3.63) is 59.7 Å². The lowest BCUT2D eigenvalue weighted by atomic mass is 9.81. The fourth-order valence-corrected chi connectivity index (χ4v) is 4.76. The number of carbonyl (C=O) groups is 4. The number of hydrogen-bond donors (Lipinski definition) is 2. The Morgan fingerprint density at radius 3 is 1.59 bits per heavy atom. The summed E-state index contributed by atoms with van der Waals surface area (Å²) >= 11 is 0. The van der Waals surface area contributed by atoms with Crippen LogP contribution in [0, 0.1) is 47.4 Å². The number of carbonyl (C=O) groups excluding carboxylic acids is 4. The molecule has 0 saturated heterocycles. The smallest absolute Gasteiger partial charge is 0.325 e. The van der Waals surface area contributed by atoms with E-state index in [1.54, 1.807) is 39.8 Å². The molecule has 2 N–H and O–H groups in total. The van der Waals surface area contributed by atoms with Gasteiger partial charge in [-0.05, 0) is 69.2 Å². The zero-order chi connectivity index (χ0) is 36.6. The molecule has 1 aliphatic rings. The summed E-state index contributed by atoms with van der Waals surface area (Å²) in [5, 5.41) is 17.7. The van der Waals surface area contributed by atoms with Gasteiger partial charge in [0, 0.05) is 19.3 Å². The number of aliphatic hydroxyl groups excluding tert-OH is 2. The molecule has 0 unspecified atom stereocenters. The van der Waals surface area contributed by atoms with Gasteiger partial charge in [0.15, 0.2) is 10.8 Å². The van der Waals surface area contributed by atoms with Gasteiger partial charge in [-0.2, -0.15) is 0 Å². The van der Waals surface area contributed by atoms with E-state index in [1.165, 1.54) is 0 Å². The van der Waals surface area contributed by atoms with E-state index in [9.17, 15) is 24.3 Å². The molecule has 1 aromatic rings. The van der Waals surface area contributed by atoms with Crippen LogP contribution in [-0.4, -0.2) is 67.1 Å². The Kier molecular flexibility index (Phi) is 23.8. The maximum Gasteiger partial charge on any atom is 0.325 e. The minimum atomic E-state index is -1.57. The number of ether oxygens (including phenoxy) is 4. The Bertz CT molecular complexity index is 1340. The van der Waals surface area contributed by atoms with E-state index in [4.69, 9.17) is 36.9 Å².